The molecular formula is C19H19N3O2. The van der Waals surface area contributed by atoms with Gasteiger partial charge in [-0.05, 0) is 43.2 Å². The van der Waals surface area contributed by atoms with Crippen molar-refractivity contribution < 1.29 is 4.79 Å². The molecule has 5 heteroatoms. The van der Waals surface area contributed by atoms with Crippen molar-refractivity contribution in [3.05, 3.63) is 70.1 Å². The number of aryl methyl sites for hydroxylation is 2. The molecular weight excluding hydrogens is 302 g/mol. The number of rotatable bonds is 4. The van der Waals surface area contributed by atoms with E-state index in [1.165, 1.54) is 0 Å². The van der Waals surface area contributed by atoms with Crippen molar-refractivity contribution in [3.8, 4) is 0 Å². The molecule has 0 fully saturated rings. The summed E-state index contributed by atoms with van der Waals surface area (Å²) in [6.07, 6.45) is 0.876. The summed E-state index contributed by atoms with van der Waals surface area (Å²) >= 11 is 0. The Kier molecular flexibility index (Phi) is 4.42. The summed E-state index contributed by atoms with van der Waals surface area (Å²) in [5.41, 5.74) is 2.68. The van der Waals surface area contributed by atoms with Crippen LogP contribution in [-0.4, -0.2) is 15.5 Å². The fraction of sp³-hybridized carbons (Fsp3) is 0.211. The van der Waals surface area contributed by atoms with Gasteiger partial charge in [-0.25, -0.2) is 4.98 Å². The Morgan fingerprint density at radius 2 is 1.92 bits per heavy atom. The molecule has 0 bridgehead atoms. The second-order valence-corrected chi connectivity index (χ2v) is 5.51. The SMILES string of the molecule is CCc1cccc(NC(=O)c2nc3ccccc3n(CC)c2=O)c1. The first-order valence-electron chi connectivity index (χ1n) is 8.04. The van der Waals surface area contributed by atoms with Crippen molar-refractivity contribution in [2.75, 3.05) is 5.32 Å². The third kappa shape index (κ3) is 2.93. The molecule has 1 heterocycles. The molecule has 0 saturated heterocycles. The van der Waals surface area contributed by atoms with Gasteiger partial charge in [0.15, 0.2) is 5.69 Å². The molecule has 0 atom stereocenters. The summed E-state index contributed by atoms with van der Waals surface area (Å²) in [6, 6.07) is 14.9. The van der Waals surface area contributed by atoms with Crippen molar-refractivity contribution in [2.45, 2.75) is 26.8 Å². The molecule has 0 spiro atoms. The molecule has 0 aliphatic rings. The smallest absolute Gasteiger partial charge is 0.282 e. The summed E-state index contributed by atoms with van der Waals surface area (Å²) in [5, 5.41) is 2.77. The van der Waals surface area contributed by atoms with Crippen LogP contribution in [0.2, 0.25) is 0 Å². The highest BCUT2D eigenvalue weighted by molar-refractivity contribution is 6.03. The second kappa shape index (κ2) is 6.66. The Bertz CT molecular complexity index is 960. The van der Waals surface area contributed by atoms with Crippen LogP contribution in [0.5, 0.6) is 0 Å². The molecule has 1 amide bonds. The van der Waals surface area contributed by atoms with Gasteiger partial charge in [0.1, 0.15) is 0 Å². The lowest BCUT2D eigenvalue weighted by Gasteiger charge is -2.11. The summed E-state index contributed by atoms with van der Waals surface area (Å²) in [6.45, 7) is 4.40. The molecule has 3 rings (SSSR count). The molecule has 0 aliphatic heterocycles. The first-order valence-corrected chi connectivity index (χ1v) is 8.04. The Balaban J connectivity index is 2.03. The average molecular weight is 321 g/mol. The van der Waals surface area contributed by atoms with Crippen molar-refractivity contribution in [1.29, 1.82) is 0 Å². The predicted molar refractivity (Wildman–Crippen MR) is 95.5 cm³/mol. The first-order chi connectivity index (χ1) is 11.6. The number of carbonyl (C=O) groups is 1. The normalized spacial score (nSPS) is 10.8. The zero-order valence-electron chi connectivity index (χ0n) is 13.7. The van der Waals surface area contributed by atoms with E-state index in [1.54, 1.807) is 16.7 Å². The van der Waals surface area contributed by atoms with Gasteiger partial charge in [0.2, 0.25) is 0 Å². The lowest BCUT2D eigenvalue weighted by atomic mass is 10.1. The fourth-order valence-corrected chi connectivity index (χ4v) is 2.71. The van der Waals surface area contributed by atoms with Crippen LogP contribution in [0.25, 0.3) is 11.0 Å². The summed E-state index contributed by atoms with van der Waals surface area (Å²) in [4.78, 5) is 29.4. The van der Waals surface area contributed by atoms with Gasteiger partial charge >= 0.3 is 0 Å². The van der Waals surface area contributed by atoms with Gasteiger partial charge < -0.3 is 9.88 Å². The maximum absolute atomic E-state index is 12.6. The molecule has 24 heavy (non-hydrogen) atoms. The third-order valence-electron chi connectivity index (χ3n) is 3.98. The number of anilines is 1. The van der Waals surface area contributed by atoms with E-state index in [-0.39, 0.29) is 11.3 Å². The molecule has 0 aliphatic carbocycles. The van der Waals surface area contributed by atoms with E-state index in [4.69, 9.17) is 0 Å². The lowest BCUT2D eigenvalue weighted by molar-refractivity contribution is 0.102. The van der Waals surface area contributed by atoms with Crippen LogP contribution in [0.3, 0.4) is 0 Å². The van der Waals surface area contributed by atoms with Crippen molar-refractivity contribution in [3.63, 3.8) is 0 Å². The molecule has 5 nitrogen and oxygen atoms in total. The first kappa shape index (κ1) is 15.9. The van der Waals surface area contributed by atoms with E-state index in [0.717, 1.165) is 17.5 Å². The highest BCUT2D eigenvalue weighted by atomic mass is 16.2. The van der Waals surface area contributed by atoms with Crippen LogP contribution < -0.4 is 10.9 Å². The number of nitrogens with one attached hydrogen (secondary N) is 1. The molecule has 2 aromatic carbocycles. The second-order valence-electron chi connectivity index (χ2n) is 5.51. The van der Waals surface area contributed by atoms with E-state index in [2.05, 4.69) is 10.3 Å². The number of nitrogens with zero attached hydrogens (tertiary/aromatic N) is 2. The minimum Gasteiger partial charge on any atom is -0.320 e. The number of carbonyl (C=O) groups excluding carboxylic acids is 1. The maximum Gasteiger partial charge on any atom is 0.282 e. The Morgan fingerprint density at radius 3 is 2.67 bits per heavy atom. The van der Waals surface area contributed by atoms with Gasteiger partial charge in [-0.15, -0.1) is 0 Å². The molecule has 1 aromatic heterocycles. The molecule has 0 radical (unpaired) electrons. The highest BCUT2D eigenvalue weighted by Gasteiger charge is 2.17. The van der Waals surface area contributed by atoms with E-state index < -0.39 is 5.91 Å². The highest BCUT2D eigenvalue weighted by Crippen LogP contribution is 2.13. The Morgan fingerprint density at radius 1 is 1.12 bits per heavy atom. The monoisotopic (exact) mass is 321 g/mol. The molecule has 122 valence electrons. The average Bonchev–Trinajstić information content (AvgIpc) is 2.61. The minimum atomic E-state index is -0.485. The van der Waals surface area contributed by atoms with Crippen LogP contribution in [-0.2, 0) is 13.0 Å². The number of benzene rings is 2. The standard InChI is InChI=1S/C19H19N3O2/c1-3-13-8-7-9-14(12-13)20-18(23)17-19(24)22(4-2)16-11-6-5-10-15(16)21-17/h5-12H,3-4H2,1-2H3,(H,20,23). The minimum absolute atomic E-state index is 0.0857. The fourth-order valence-electron chi connectivity index (χ4n) is 2.71. The summed E-state index contributed by atoms with van der Waals surface area (Å²) in [5.74, 6) is -0.485. The third-order valence-corrected chi connectivity index (χ3v) is 3.98. The number of amides is 1. The Hall–Kier alpha value is -2.95. The zero-order valence-corrected chi connectivity index (χ0v) is 13.7. The summed E-state index contributed by atoms with van der Waals surface area (Å²) in [7, 11) is 0. The van der Waals surface area contributed by atoms with Gasteiger partial charge in [0.25, 0.3) is 11.5 Å². The quantitative estimate of drug-likeness (QED) is 0.802. The molecule has 3 aromatic rings. The van der Waals surface area contributed by atoms with Gasteiger partial charge in [0.05, 0.1) is 11.0 Å². The number of aromatic nitrogens is 2. The van der Waals surface area contributed by atoms with Gasteiger partial charge in [-0.1, -0.05) is 31.2 Å². The molecule has 0 saturated carbocycles. The van der Waals surface area contributed by atoms with Crippen LogP contribution in [0.15, 0.2) is 53.3 Å². The van der Waals surface area contributed by atoms with Crippen LogP contribution in [0, 0.1) is 0 Å². The molecule has 1 N–H and O–H groups in total. The van der Waals surface area contributed by atoms with Crippen LogP contribution in [0.1, 0.15) is 29.9 Å². The molecule has 0 unspecified atom stereocenters. The van der Waals surface area contributed by atoms with Crippen LogP contribution >= 0.6 is 0 Å². The van der Waals surface area contributed by atoms with Gasteiger partial charge in [-0.3, -0.25) is 9.59 Å². The van der Waals surface area contributed by atoms with Gasteiger partial charge in [0, 0.05) is 12.2 Å². The summed E-state index contributed by atoms with van der Waals surface area (Å²) < 4.78 is 1.57. The largest absolute Gasteiger partial charge is 0.320 e. The zero-order chi connectivity index (χ0) is 17.1. The van der Waals surface area contributed by atoms with Crippen molar-refractivity contribution in [1.82, 2.24) is 9.55 Å². The van der Waals surface area contributed by atoms with E-state index in [9.17, 15) is 9.59 Å². The van der Waals surface area contributed by atoms with E-state index >= 15 is 0 Å². The topological polar surface area (TPSA) is 64.0 Å². The Labute approximate surface area is 140 Å². The number of fused-ring (bicyclic) bond motifs is 1. The van der Waals surface area contributed by atoms with E-state index in [1.807, 2.05) is 50.2 Å². The maximum atomic E-state index is 12.6. The van der Waals surface area contributed by atoms with E-state index in [0.29, 0.717) is 17.7 Å². The number of para-hydroxylation sites is 2. The number of hydrogen-bond donors (Lipinski definition) is 1. The lowest BCUT2D eigenvalue weighted by Crippen LogP contribution is -2.31. The van der Waals surface area contributed by atoms with Gasteiger partial charge in [-0.2, -0.15) is 0 Å². The van der Waals surface area contributed by atoms with Crippen molar-refractivity contribution >= 4 is 22.6 Å². The number of hydrogen-bond acceptors (Lipinski definition) is 3. The van der Waals surface area contributed by atoms with Crippen LogP contribution in [0.4, 0.5) is 5.69 Å². The van der Waals surface area contributed by atoms with Crippen molar-refractivity contribution in [2.24, 2.45) is 0 Å². The predicted octanol–water partition coefficient (Wildman–Crippen LogP) is 3.23.